The highest BCUT2D eigenvalue weighted by molar-refractivity contribution is 6.38. The molecule has 4 heteroatoms. The number of rotatable bonds is 3. The molecule has 0 aromatic heterocycles. The number of allylic oxidation sites excluding steroid dienone is 1. The van der Waals surface area contributed by atoms with E-state index in [2.05, 4.69) is 4.74 Å². The summed E-state index contributed by atoms with van der Waals surface area (Å²) in [4.78, 5) is 21.3. The van der Waals surface area contributed by atoms with Crippen molar-refractivity contribution in [2.75, 3.05) is 6.61 Å². The number of ketones is 1. The summed E-state index contributed by atoms with van der Waals surface area (Å²) in [6, 6.07) is 0. The van der Waals surface area contributed by atoms with Crippen LogP contribution in [0, 0.1) is 0 Å². The van der Waals surface area contributed by atoms with Crippen molar-refractivity contribution in [3.63, 3.8) is 0 Å². The Morgan fingerprint density at radius 2 is 2.09 bits per heavy atom. The van der Waals surface area contributed by atoms with Gasteiger partial charge < -0.3 is 10.5 Å². The summed E-state index contributed by atoms with van der Waals surface area (Å²) in [5.41, 5.74) is 5.45. The van der Waals surface area contributed by atoms with Gasteiger partial charge >= 0.3 is 5.97 Å². The van der Waals surface area contributed by atoms with E-state index >= 15 is 0 Å². The lowest BCUT2D eigenvalue weighted by molar-refractivity contribution is -0.151. The Kier molecular flexibility index (Phi) is 3.95. The van der Waals surface area contributed by atoms with Crippen LogP contribution in [-0.4, -0.2) is 18.4 Å². The summed E-state index contributed by atoms with van der Waals surface area (Å²) in [7, 11) is 0. The second kappa shape index (κ2) is 4.49. The number of hydrogen-bond donors (Lipinski definition) is 1. The fraction of sp³-hybridized carbons (Fsp3) is 0.429. The third-order valence-electron chi connectivity index (χ3n) is 0.835. The van der Waals surface area contributed by atoms with Crippen LogP contribution in [0.25, 0.3) is 0 Å². The fourth-order valence-corrected chi connectivity index (χ4v) is 0.468. The molecule has 0 spiro atoms. The van der Waals surface area contributed by atoms with Crippen molar-refractivity contribution in [3.05, 3.63) is 11.8 Å². The van der Waals surface area contributed by atoms with Gasteiger partial charge in [-0.05, 0) is 13.8 Å². The molecule has 0 bridgehead atoms. The van der Waals surface area contributed by atoms with E-state index in [4.69, 9.17) is 5.73 Å². The smallest absolute Gasteiger partial charge is 0.379 e. The van der Waals surface area contributed by atoms with E-state index in [9.17, 15) is 9.59 Å². The van der Waals surface area contributed by atoms with E-state index in [1.807, 2.05) is 0 Å². The Morgan fingerprint density at radius 1 is 1.55 bits per heavy atom. The van der Waals surface area contributed by atoms with Gasteiger partial charge in [0.15, 0.2) is 0 Å². The molecule has 0 aliphatic rings. The van der Waals surface area contributed by atoms with Crippen LogP contribution in [0.15, 0.2) is 11.8 Å². The summed E-state index contributed by atoms with van der Waals surface area (Å²) in [5, 5.41) is 0. The molecule has 0 aliphatic carbocycles. The van der Waals surface area contributed by atoms with E-state index in [0.717, 1.165) is 6.08 Å². The molecule has 0 radical (unpaired) electrons. The summed E-state index contributed by atoms with van der Waals surface area (Å²) in [6.45, 7) is 3.35. The molecule has 11 heavy (non-hydrogen) atoms. The summed E-state index contributed by atoms with van der Waals surface area (Å²) in [6.07, 6.45) is 1.04. The second-order valence-electron chi connectivity index (χ2n) is 1.97. The van der Waals surface area contributed by atoms with Crippen molar-refractivity contribution in [1.82, 2.24) is 0 Å². The molecule has 0 amide bonds. The van der Waals surface area contributed by atoms with E-state index in [-0.39, 0.29) is 6.61 Å². The van der Waals surface area contributed by atoms with Crippen LogP contribution in [0.3, 0.4) is 0 Å². The monoisotopic (exact) mass is 157 g/mol. The van der Waals surface area contributed by atoms with Gasteiger partial charge in [-0.2, -0.15) is 0 Å². The molecule has 0 heterocycles. The molecule has 0 aromatic rings. The van der Waals surface area contributed by atoms with Crippen molar-refractivity contribution in [2.24, 2.45) is 5.73 Å². The van der Waals surface area contributed by atoms with Gasteiger partial charge in [-0.25, -0.2) is 4.79 Å². The molecule has 0 fully saturated rings. The largest absolute Gasteiger partial charge is 0.460 e. The molecule has 0 rings (SSSR count). The molecule has 0 saturated heterocycles. The predicted octanol–water partition coefficient (Wildman–Crippen LogP) is -0.0189. The van der Waals surface area contributed by atoms with E-state index in [1.165, 1.54) is 6.92 Å². The molecule has 4 nitrogen and oxygen atoms in total. The predicted molar refractivity (Wildman–Crippen MR) is 39.6 cm³/mol. The Bertz CT molecular complexity index is 192. The summed E-state index contributed by atoms with van der Waals surface area (Å²) < 4.78 is 4.42. The first-order valence-electron chi connectivity index (χ1n) is 3.22. The number of carbonyl (C=O) groups is 2. The third kappa shape index (κ3) is 4.13. The van der Waals surface area contributed by atoms with Crippen molar-refractivity contribution in [3.8, 4) is 0 Å². The maximum absolute atomic E-state index is 10.7. The van der Waals surface area contributed by atoms with Crippen molar-refractivity contribution in [2.45, 2.75) is 13.8 Å². The van der Waals surface area contributed by atoms with Gasteiger partial charge in [-0.1, -0.05) is 0 Å². The standard InChI is InChI=1S/C7H11NO3/c1-3-11-7(10)6(9)4-5(2)8/h4H,3,8H2,1-2H3/b5-4+. The highest BCUT2D eigenvalue weighted by Crippen LogP contribution is 1.86. The number of nitrogens with two attached hydrogens (primary N) is 1. The Labute approximate surface area is 65.0 Å². The zero-order chi connectivity index (χ0) is 8.85. The Morgan fingerprint density at radius 3 is 2.45 bits per heavy atom. The average Bonchev–Trinajstić information content (AvgIpc) is 1.86. The lowest BCUT2D eigenvalue weighted by Gasteiger charge is -1.95. The van der Waals surface area contributed by atoms with Crippen LogP contribution in [-0.2, 0) is 14.3 Å². The van der Waals surface area contributed by atoms with Crippen LogP contribution in [0.5, 0.6) is 0 Å². The molecule has 0 aromatic carbocycles. The van der Waals surface area contributed by atoms with Gasteiger partial charge in [0.05, 0.1) is 6.61 Å². The fourth-order valence-electron chi connectivity index (χ4n) is 0.468. The number of ether oxygens (including phenoxy) is 1. The topological polar surface area (TPSA) is 69.4 Å². The lowest BCUT2D eigenvalue weighted by Crippen LogP contribution is -2.16. The van der Waals surface area contributed by atoms with Gasteiger partial charge in [0.25, 0.3) is 5.78 Å². The molecule has 0 atom stereocenters. The van der Waals surface area contributed by atoms with Crippen molar-refractivity contribution < 1.29 is 14.3 Å². The summed E-state index contributed by atoms with van der Waals surface area (Å²) in [5.74, 6) is -1.58. The van der Waals surface area contributed by atoms with Gasteiger partial charge in [0.2, 0.25) is 0 Å². The molecular formula is C7H11NO3. The minimum atomic E-state index is -0.864. The number of hydrogen-bond acceptors (Lipinski definition) is 4. The first-order chi connectivity index (χ1) is 5.07. The Hall–Kier alpha value is -1.32. The quantitative estimate of drug-likeness (QED) is 0.355. The van der Waals surface area contributed by atoms with E-state index in [0.29, 0.717) is 5.70 Å². The van der Waals surface area contributed by atoms with Crippen LogP contribution in [0.1, 0.15) is 13.8 Å². The van der Waals surface area contributed by atoms with E-state index in [1.54, 1.807) is 6.92 Å². The second-order valence-corrected chi connectivity index (χ2v) is 1.97. The maximum atomic E-state index is 10.7. The zero-order valence-corrected chi connectivity index (χ0v) is 6.59. The molecule has 0 aliphatic heterocycles. The normalized spacial score (nSPS) is 10.9. The highest BCUT2D eigenvalue weighted by atomic mass is 16.5. The first-order valence-corrected chi connectivity index (χ1v) is 3.22. The average molecular weight is 157 g/mol. The minimum absolute atomic E-state index is 0.196. The minimum Gasteiger partial charge on any atom is -0.460 e. The SMILES string of the molecule is CCOC(=O)C(=O)/C=C(\C)N. The Balaban J connectivity index is 4.05. The van der Waals surface area contributed by atoms with Crippen molar-refractivity contribution >= 4 is 11.8 Å². The molecule has 0 saturated carbocycles. The van der Waals surface area contributed by atoms with Gasteiger partial charge in [0.1, 0.15) is 0 Å². The van der Waals surface area contributed by atoms with Crippen LogP contribution in [0.4, 0.5) is 0 Å². The molecular weight excluding hydrogens is 146 g/mol. The maximum Gasteiger partial charge on any atom is 0.379 e. The van der Waals surface area contributed by atoms with Crippen LogP contribution < -0.4 is 5.73 Å². The number of carbonyl (C=O) groups excluding carboxylic acids is 2. The first kappa shape index (κ1) is 9.68. The molecule has 2 N–H and O–H groups in total. The molecule has 0 unspecified atom stereocenters. The van der Waals surface area contributed by atoms with Gasteiger partial charge in [0, 0.05) is 11.8 Å². The van der Waals surface area contributed by atoms with Gasteiger partial charge in [-0.15, -0.1) is 0 Å². The lowest BCUT2D eigenvalue weighted by atomic mass is 10.3. The number of esters is 1. The molecule has 62 valence electrons. The van der Waals surface area contributed by atoms with Crippen LogP contribution in [0.2, 0.25) is 0 Å². The van der Waals surface area contributed by atoms with Gasteiger partial charge in [-0.3, -0.25) is 4.79 Å². The van der Waals surface area contributed by atoms with Crippen molar-refractivity contribution in [1.29, 1.82) is 0 Å². The van der Waals surface area contributed by atoms with E-state index < -0.39 is 11.8 Å². The highest BCUT2D eigenvalue weighted by Gasteiger charge is 2.10. The third-order valence-corrected chi connectivity index (χ3v) is 0.835. The summed E-state index contributed by atoms with van der Waals surface area (Å²) >= 11 is 0. The van der Waals surface area contributed by atoms with Crippen LogP contribution >= 0.6 is 0 Å². The zero-order valence-electron chi connectivity index (χ0n) is 6.59.